The number of carbonyl (C=O) groups is 1. The second kappa shape index (κ2) is 6.66. The van der Waals surface area contributed by atoms with Gasteiger partial charge in [0.05, 0.1) is 30.1 Å². The molecule has 1 heterocycles. The second-order valence-electron chi connectivity index (χ2n) is 7.12. The zero-order valence-corrected chi connectivity index (χ0v) is 14.3. The summed E-state index contributed by atoms with van der Waals surface area (Å²) in [5, 5.41) is 13.6. The molecule has 128 valence electrons. The first-order valence-corrected chi connectivity index (χ1v) is 7.94. The van der Waals surface area contributed by atoms with Crippen LogP contribution in [0, 0.1) is 6.92 Å². The minimum Gasteiger partial charge on any atom is -0.444 e. The molecular weight excluding hydrogens is 294 g/mol. The van der Waals surface area contributed by atoms with E-state index in [-0.39, 0.29) is 18.7 Å². The van der Waals surface area contributed by atoms with E-state index in [2.05, 4.69) is 5.32 Å². The quantitative estimate of drug-likeness (QED) is 0.728. The minimum atomic E-state index is -0.669. The number of nitrogens with zero attached hydrogens (tertiary/aromatic N) is 1. The molecule has 2 rings (SSSR count). The Balaban J connectivity index is 1.95. The maximum atomic E-state index is 12.1. The Hall–Kier alpha value is -1.95. The molecule has 0 saturated carbocycles. The van der Waals surface area contributed by atoms with Crippen molar-refractivity contribution < 1.29 is 14.6 Å². The van der Waals surface area contributed by atoms with E-state index < -0.39 is 11.7 Å². The van der Waals surface area contributed by atoms with Gasteiger partial charge in [-0.05, 0) is 51.8 Å². The highest BCUT2D eigenvalue weighted by atomic mass is 16.6. The minimum absolute atomic E-state index is 0.140. The molecule has 6 nitrogen and oxygen atoms in total. The molecule has 0 aliphatic carbocycles. The lowest BCUT2D eigenvalue weighted by Crippen LogP contribution is -2.52. The van der Waals surface area contributed by atoms with Crippen molar-refractivity contribution in [3.05, 3.63) is 23.8 Å². The molecule has 1 amide bonds. The average molecular weight is 321 g/mol. The van der Waals surface area contributed by atoms with Gasteiger partial charge in [-0.1, -0.05) is 6.07 Å². The smallest absolute Gasteiger partial charge is 0.410 e. The number of carbonyl (C=O) groups excluding carboxylic acids is 1. The molecular formula is C17H27N3O3. The first kappa shape index (κ1) is 17.4. The molecule has 1 unspecified atom stereocenters. The number of aliphatic hydroxyl groups excluding tert-OH is 1. The number of hydrogen-bond acceptors (Lipinski definition) is 5. The maximum absolute atomic E-state index is 12.1. The van der Waals surface area contributed by atoms with Crippen LogP contribution in [-0.2, 0) is 4.74 Å². The first-order valence-electron chi connectivity index (χ1n) is 7.94. The van der Waals surface area contributed by atoms with Crippen LogP contribution in [0.4, 0.5) is 16.2 Å². The number of rotatable bonds is 2. The molecule has 0 bridgehead atoms. The number of hydrogen-bond donors (Lipinski definition) is 3. The van der Waals surface area contributed by atoms with Gasteiger partial charge in [-0.15, -0.1) is 0 Å². The monoisotopic (exact) mass is 321 g/mol. The van der Waals surface area contributed by atoms with Crippen molar-refractivity contribution in [1.29, 1.82) is 0 Å². The number of benzene rings is 1. The fourth-order valence-corrected chi connectivity index (χ4v) is 2.61. The number of likely N-dealkylation sites (tertiary alicyclic amines) is 1. The molecule has 0 spiro atoms. The average Bonchev–Trinajstić information content (AvgIpc) is 2.41. The Labute approximate surface area is 137 Å². The van der Waals surface area contributed by atoms with Crippen molar-refractivity contribution >= 4 is 17.5 Å². The van der Waals surface area contributed by atoms with Gasteiger partial charge in [0.15, 0.2) is 0 Å². The number of nitrogen functional groups attached to an aromatic ring is 1. The normalized spacial score (nSPS) is 21.9. The number of ether oxygens (including phenoxy) is 1. The predicted molar refractivity (Wildman–Crippen MR) is 91.4 cm³/mol. The SMILES string of the molecule is Cc1ccc(N[C@H]2CCN(C(=O)OC(C)(C)C)CC2O)c(N)c1. The third-order valence-electron chi connectivity index (χ3n) is 3.78. The fourth-order valence-electron chi connectivity index (χ4n) is 2.61. The number of β-amino-alcohol motifs (C(OH)–C–C–N with tert-alkyl or cyclic N) is 1. The summed E-state index contributed by atoms with van der Waals surface area (Å²) in [4.78, 5) is 13.6. The van der Waals surface area contributed by atoms with Crippen molar-refractivity contribution in [2.24, 2.45) is 0 Å². The number of aryl methyl sites for hydroxylation is 1. The summed E-state index contributed by atoms with van der Waals surface area (Å²) in [6.45, 7) is 8.25. The van der Waals surface area contributed by atoms with Crippen LogP contribution in [0.25, 0.3) is 0 Å². The third-order valence-corrected chi connectivity index (χ3v) is 3.78. The van der Waals surface area contributed by atoms with Gasteiger partial charge in [-0.2, -0.15) is 0 Å². The lowest BCUT2D eigenvalue weighted by atomic mass is 10.0. The van der Waals surface area contributed by atoms with Gasteiger partial charge < -0.3 is 25.8 Å². The van der Waals surface area contributed by atoms with Gasteiger partial charge in [0.1, 0.15) is 5.60 Å². The van der Waals surface area contributed by atoms with E-state index in [1.165, 1.54) is 0 Å². The van der Waals surface area contributed by atoms with Crippen molar-refractivity contribution in [1.82, 2.24) is 4.90 Å². The Morgan fingerprint density at radius 3 is 2.70 bits per heavy atom. The third kappa shape index (κ3) is 4.76. The highest BCUT2D eigenvalue weighted by Gasteiger charge is 2.32. The molecule has 23 heavy (non-hydrogen) atoms. The zero-order valence-electron chi connectivity index (χ0n) is 14.3. The van der Waals surface area contributed by atoms with Crippen LogP contribution in [0.2, 0.25) is 0 Å². The first-order chi connectivity index (χ1) is 10.7. The van der Waals surface area contributed by atoms with Gasteiger partial charge in [-0.25, -0.2) is 4.79 Å². The van der Waals surface area contributed by atoms with Crippen LogP contribution < -0.4 is 11.1 Å². The Kier molecular flexibility index (Phi) is 5.04. The van der Waals surface area contributed by atoms with Crippen molar-refractivity contribution in [3.8, 4) is 0 Å². The molecule has 2 atom stereocenters. The molecule has 1 aromatic rings. The molecule has 6 heteroatoms. The number of anilines is 2. The van der Waals surface area contributed by atoms with E-state index in [0.29, 0.717) is 18.7 Å². The van der Waals surface area contributed by atoms with Crippen molar-refractivity contribution in [2.45, 2.75) is 51.9 Å². The van der Waals surface area contributed by atoms with Gasteiger partial charge in [-0.3, -0.25) is 0 Å². The molecule has 4 N–H and O–H groups in total. The van der Waals surface area contributed by atoms with Gasteiger partial charge in [0, 0.05) is 6.54 Å². The summed E-state index contributed by atoms with van der Waals surface area (Å²) >= 11 is 0. The maximum Gasteiger partial charge on any atom is 0.410 e. The highest BCUT2D eigenvalue weighted by Crippen LogP contribution is 2.24. The lowest BCUT2D eigenvalue weighted by Gasteiger charge is -2.37. The van der Waals surface area contributed by atoms with Gasteiger partial charge in [0.2, 0.25) is 0 Å². The van der Waals surface area contributed by atoms with Crippen LogP contribution in [0.3, 0.4) is 0 Å². The van der Waals surface area contributed by atoms with E-state index in [1.807, 2.05) is 45.9 Å². The number of aliphatic hydroxyl groups is 1. The Bertz CT molecular complexity index is 569. The summed E-state index contributed by atoms with van der Waals surface area (Å²) in [6.07, 6.45) is -0.421. The van der Waals surface area contributed by atoms with E-state index >= 15 is 0 Å². The van der Waals surface area contributed by atoms with E-state index in [1.54, 1.807) is 4.90 Å². The van der Waals surface area contributed by atoms with Crippen LogP contribution in [-0.4, -0.2) is 46.9 Å². The molecule has 1 saturated heterocycles. The molecule has 0 aromatic heterocycles. The van der Waals surface area contributed by atoms with Crippen LogP contribution in [0.5, 0.6) is 0 Å². The van der Waals surface area contributed by atoms with Gasteiger partial charge in [0.25, 0.3) is 0 Å². The summed E-state index contributed by atoms with van der Waals surface area (Å²) < 4.78 is 5.35. The van der Waals surface area contributed by atoms with Crippen molar-refractivity contribution in [3.63, 3.8) is 0 Å². The topological polar surface area (TPSA) is 87.8 Å². The Morgan fingerprint density at radius 1 is 1.43 bits per heavy atom. The molecule has 0 radical (unpaired) electrons. The molecule has 1 fully saturated rings. The summed E-state index contributed by atoms with van der Waals surface area (Å²) in [6, 6.07) is 5.64. The number of nitrogens with two attached hydrogens (primary N) is 1. The summed E-state index contributed by atoms with van der Waals surface area (Å²) in [5.41, 5.74) is 8.03. The van der Waals surface area contributed by atoms with E-state index in [0.717, 1.165) is 11.3 Å². The van der Waals surface area contributed by atoms with E-state index in [4.69, 9.17) is 10.5 Å². The second-order valence-corrected chi connectivity index (χ2v) is 7.12. The van der Waals surface area contributed by atoms with Gasteiger partial charge >= 0.3 is 6.09 Å². The standard InChI is InChI=1S/C17H27N3O3/c1-11-5-6-13(12(18)9-11)19-14-7-8-20(10-15(14)21)16(22)23-17(2,3)4/h5-6,9,14-15,19,21H,7-8,10,18H2,1-4H3/t14-,15?/m0/s1. The zero-order chi connectivity index (χ0) is 17.2. The van der Waals surface area contributed by atoms with Crippen LogP contribution in [0.1, 0.15) is 32.8 Å². The largest absolute Gasteiger partial charge is 0.444 e. The Morgan fingerprint density at radius 2 is 2.13 bits per heavy atom. The number of piperidine rings is 1. The number of amides is 1. The summed E-state index contributed by atoms with van der Waals surface area (Å²) in [7, 11) is 0. The highest BCUT2D eigenvalue weighted by molar-refractivity contribution is 5.69. The van der Waals surface area contributed by atoms with Crippen LogP contribution >= 0.6 is 0 Å². The molecule has 1 aliphatic rings. The molecule has 1 aliphatic heterocycles. The van der Waals surface area contributed by atoms with Crippen LogP contribution in [0.15, 0.2) is 18.2 Å². The lowest BCUT2D eigenvalue weighted by molar-refractivity contribution is 0.00119. The molecule has 1 aromatic carbocycles. The summed E-state index contributed by atoms with van der Waals surface area (Å²) in [5.74, 6) is 0. The van der Waals surface area contributed by atoms with Crippen molar-refractivity contribution in [2.75, 3.05) is 24.1 Å². The fraction of sp³-hybridized carbons (Fsp3) is 0.588. The van der Waals surface area contributed by atoms with E-state index in [9.17, 15) is 9.90 Å². The number of nitrogens with one attached hydrogen (secondary N) is 1. The predicted octanol–water partition coefficient (Wildman–Crippen LogP) is 2.36.